The normalized spacial score (nSPS) is 21.6. The molecular formula is C31H35N7O5. The lowest BCUT2D eigenvalue weighted by atomic mass is 9.60. The minimum Gasteiger partial charge on any atom is -0.511 e. The molecule has 1 amide bonds. The van der Waals surface area contributed by atoms with Gasteiger partial charge in [-0.15, -0.1) is 0 Å². The zero-order valence-electron chi connectivity index (χ0n) is 24.3. The lowest BCUT2D eigenvalue weighted by Gasteiger charge is -2.43. The van der Waals surface area contributed by atoms with Crippen LogP contribution in [0.2, 0.25) is 0 Å². The van der Waals surface area contributed by atoms with Gasteiger partial charge in [-0.2, -0.15) is 10.2 Å². The standard InChI is InChI=1S/C31H35N7O5/c1-15-24-16(8-17-11-23(39)27(31(32)43)30(42)25(15)17)9-21-22(37(2)3)10-18(28(40)26(21)29(24)41)12-38(13-19-4-6-33-35-19)14-20-5-7-34-36-20/h4-7,10,16-17,25,40,42H,8-9,11-14H2,1-3H3,(H2,32,43)(H,33,35)(H,34,36)/t16-,17+,25?/m1/s1. The number of hydrogen-bond acceptors (Lipinski definition) is 9. The van der Waals surface area contributed by atoms with E-state index >= 15 is 0 Å². The molecule has 0 bridgehead atoms. The van der Waals surface area contributed by atoms with Crippen LogP contribution in [0.15, 0.2) is 53.1 Å². The Morgan fingerprint density at radius 3 is 2.26 bits per heavy atom. The third kappa shape index (κ3) is 4.91. The number of anilines is 1. The molecule has 2 aromatic heterocycles. The molecule has 0 spiro atoms. The minimum absolute atomic E-state index is 0.0675. The third-order valence-electron chi connectivity index (χ3n) is 9.05. The highest BCUT2D eigenvalue weighted by atomic mass is 16.3. The summed E-state index contributed by atoms with van der Waals surface area (Å²) in [7, 11) is 3.82. The number of hydrogen-bond donors (Lipinski definition) is 5. The summed E-state index contributed by atoms with van der Waals surface area (Å²) >= 11 is 0. The number of nitrogens with one attached hydrogen (secondary N) is 2. The zero-order chi connectivity index (χ0) is 30.6. The van der Waals surface area contributed by atoms with Crippen molar-refractivity contribution in [1.29, 1.82) is 0 Å². The number of aliphatic hydroxyl groups excluding tert-OH is 1. The van der Waals surface area contributed by atoms with Crippen LogP contribution >= 0.6 is 0 Å². The van der Waals surface area contributed by atoms with Crippen LogP contribution in [0.5, 0.6) is 5.75 Å². The van der Waals surface area contributed by atoms with E-state index < -0.39 is 17.6 Å². The van der Waals surface area contributed by atoms with Gasteiger partial charge in [0.2, 0.25) is 0 Å². The predicted molar refractivity (Wildman–Crippen MR) is 157 cm³/mol. The number of benzene rings is 1. The number of allylic oxidation sites excluding steroid dienone is 2. The van der Waals surface area contributed by atoms with Gasteiger partial charge in [0, 0.05) is 86.7 Å². The molecule has 0 aliphatic heterocycles. The number of carbonyl (C=O) groups excluding carboxylic acids is 3. The van der Waals surface area contributed by atoms with Crippen molar-refractivity contribution in [3.63, 3.8) is 0 Å². The molecule has 1 aromatic carbocycles. The fourth-order valence-electron chi connectivity index (χ4n) is 7.28. The van der Waals surface area contributed by atoms with Crippen LogP contribution in [-0.2, 0) is 35.6 Å². The Morgan fingerprint density at radius 2 is 1.70 bits per heavy atom. The fraction of sp³-hybridized carbons (Fsp3) is 0.387. The maximum absolute atomic E-state index is 14.3. The number of phenolic OH excluding ortho intramolecular Hbond substituents is 1. The first-order valence-corrected chi connectivity index (χ1v) is 14.3. The number of aliphatic hydroxyl groups is 1. The minimum atomic E-state index is -0.964. The van der Waals surface area contributed by atoms with Gasteiger partial charge >= 0.3 is 0 Å². The number of fused-ring (bicyclic) bond motifs is 3. The van der Waals surface area contributed by atoms with Crippen molar-refractivity contribution >= 4 is 23.2 Å². The monoisotopic (exact) mass is 585 g/mol. The Morgan fingerprint density at radius 1 is 1.05 bits per heavy atom. The van der Waals surface area contributed by atoms with Crippen molar-refractivity contribution in [2.24, 2.45) is 23.5 Å². The number of Topliss-reactive ketones (excluding diaryl/α,β-unsaturated/α-hetero) is 2. The molecule has 0 saturated heterocycles. The first kappa shape index (κ1) is 28.4. The lowest BCUT2D eigenvalue weighted by molar-refractivity contribution is -0.123. The highest BCUT2D eigenvalue weighted by molar-refractivity contribution is 6.20. The summed E-state index contributed by atoms with van der Waals surface area (Å²) in [6.07, 6.45) is 4.47. The van der Waals surface area contributed by atoms with E-state index in [0.717, 1.165) is 22.6 Å². The maximum Gasteiger partial charge on any atom is 0.255 e. The summed E-state index contributed by atoms with van der Waals surface area (Å²) in [6, 6.07) is 5.72. The molecule has 0 radical (unpaired) electrons. The second-order valence-electron chi connectivity index (χ2n) is 12.0. The fourth-order valence-corrected chi connectivity index (χ4v) is 7.28. The van der Waals surface area contributed by atoms with Crippen LogP contribution in [0, 0.1) is 17.8 Å². The zero-order valence-corrected chi connectivity index (χ0v) is 24.3. The highest BCUT2D eigenvalue weighted by Crippen LogP contribution is 2.52. The van der Waals surface area contributed by atoms with Crippen molar-refractivity contribution in [1.82, 2.24) is 25.3 Å². The van der Waals surface area contributed by atoms with E-state index in [9.17, 15) is 24.6 Å². The van der Waals surface area contributed by atoms with Gasteiger partial charge in [0.15, 0.2) is 11.6 Å². The molecule has 6 N–H and O–H groups in total. The number of aromatic hydroxyl groups is 1. The van der Waals surface area contributed by atoms with Gasteiger partial charge in [-0.1, -0.05) is 5.57 Å². The van der Waals surface area contributed by atoms with Crippen LogP contribution < -0.4 is 10.6 Å². The van der Waals surface area contributed by atoms with Gasteiger partial charge in [0.1, 0.15) is 17.1 Å². The first-order valence-electron chi connectivity index (χ1n) is 14.3. The molecular weight excluding hydrogens is 550 g/mol. The quantitative estimate of drug-likeness (QED) is 0.248. The van der Waals surface area contributed by atoms with Crippen molar-refractivity contribution in [3.05, 3.63) is 81.1 Å². The summed E-state index contributed by atoms with van der Waals surface area (Å²) < 4.78 is 0. The van der Waals surface area contributed by atoms with Gasteiger partial charge in [-0.25, -0.2) is 0 Å². The van der Waals surface area contributed by atoms with E-state index in [2.05, 4.69) is 25.3 Å². The van der Waals surface area contributed by atoms with Crippen LogP contribution in [0.3, 0.4) is 0 Å². The number of phenols is 1. The van der Waals surface area contributed by atoms with E-state index in [1.807, 2.05) is 37.2 Å². The van der Waals surface area contributed by atoms with E-state index in [4.69, 9.17) is 5.73 Å². The van der Waals surface area contributed by atoms with Crippen LogP contribution in [0.4, 0.5) is 5.69 Å². The van der Waals surface area contributed by atoms with Gasteiger partial charge < -0.3 is 20.8 Å². The summed E-state index contributed by atoms with van der Waals surface area (Å²) in [4.78, 5) is 43.1. The summed E-state index contributed by atoms with van der Waals surface area (Å²) in [5.41, 5.74) is 10.5. The molecule has 43 heavy (non-hydrogen) atoms. The number of aromatic nitrogens is 4. The molecule has 3 aliphatic rings. The van der Waals surface area contributed by atoms with Gasteiger partial charge in [0.25, 0.3) is 5.91 Å². The van der Waals surface area contributed by atoms with E-state index in [1.54, 1.807) is 19.3 Å². The van der Waals surface area contributed by atoms with Gasteiger partial charge in [-0.3, -0.25) is 29.5 Å². The molecule has 0 saturated carbocycles. The second-order valence-corrected chi connectivity index (χ2v) is 12.0. The Kier molecular flexibility index (Phi) is 7.17. The molecule has 12 heteroatoms. The van der Waals surface area contributed by atoms with E-state index in [1.165, 1.54) is 0 Å². The number of carbonyl (C=O) groups is 3. The molecule has 6 rings (SSSR count). The van der Waals surface area contributed by atoms with Crippen molar-refractivity contribution in [2.45, 2.75) is 45.8 Å². The number of nitrogens with two attached hydrogens (primary N) is 1. The third-order valence-corrected chi connectivity index (χ3v) is 9.05. The molecule has 3 aromatic rings. The van der Waals surface area contributed by atoms with Gasteiger partial charge in [-0.05, 0) is 55.4 Å². The van der Waals surface area contributed by atoms with Crippen molar-refractivity contribution in [2.75, 3.05) is 19.0 Å². The molecule has 3 atom stereocenters. The summed E-state index contributed by atoms with van der Waals surface area (Å²) in [5, 5.41) is 36.8. The molecule has 12 nitrogen and oxygen atoms in total. The first-order chi connectivity index (χ1) is 20.5. The number of ketones is 2. The highest BCUT2D eigenvalue weighted by Gasteiger charge is 2.48. The molecule has 1 unspecified atom stereocenters. The molecule has 2 heterocycles. The lowest BCUT2D eigenvalue weighted by Crippen LogP contribution is -2.41. The maximum atomic E-state index is 14.3. The number of amides is 1. The topological polar surface area (TPSA) is 182 Å². The SMILES string of the molecule is CC1=C2C(=O)c3c(O)c(CN(Cc4ccn[nH]4)Cc4ccn[nH]4)cc(N(C)C)c3C[C@H]2C[C@H]2CC(=O)C(C(N)=O)=C(O)C12. The van der Waals surface area contributed by atoms with E-state index in [0.29, 0.717) is 49.2 Å². The van der Waals surface area contributed by atoms with E-state index in [-0.39, 0.29) is 46.7 Å². The van der Waals surface area contributed by atoms with Gasteiger partial charge in [0.05, 0.1) is 5.56 Å². The average Bonchev–Trinajstić information content (AvgIpc) is 3.64. The molecule has 3 aliphatic carbocycles. The largest absolute Gasteiger partial charge is 0.511 e. The molecule has 224 valence electrons. The number of primary amides is 1. The average molecular weight is 586 g/mol. The van der Waals surface area contributed by atoms with Crippen LogP contribution in [0.1, 0.15) is 52.6 Å². The molecule has 0 fully saturated rings. The Hall–Kier alpha value is -4.71. The predicted octanol–water partition coefficient (Wildman–Crippen LogP) is 2.68. The number of H-pyrrole nitrogens is 2. The van der Waals surface area contributed by atoms with Crippen LogP contribution in [0.25, 0.3) is 0 Å². The Bertz CT molecular complexity index is 1630. The number of rotatable bonds is 8. The number of nitrogens with zero attached hydrogens (tertiary/aromatic N) is 4. The second kappa shape index (κ2) is 10.8. The number of aromatic amines is 2. The van der Waals surface area contributed by atoms with Crippen molar-refractivity contribution in [3.8, 4) is 5.75 Å². The summed E-state index contributed by atoms with van der Waals surface area (Å²) in [6.45, 7) is 3.15. The Labute approximate surface area is 248 Å². The Balaban J connectivity index is 1.43. The van der Waals surface area contributed by atoms with Crippen LogP contribution in [-0.4, -0.2) is 67.1 Å². The smallest absolute Gasteiger partial charge is 0.255 e. The van der Waals surface area contributed by atoms with Crippen molar-refractivity contribution < 1.29 is 24.6 Å². The summed E-state index contributed by atoms with van der Waals surface area (Å²) in [5.74, 6) is -3.20.